The minimum Gasteiger partial charge on any atom is -0.489 e. The molecule has 4 unspecified atom stereocenters. The lowest BCUT2D eigenvalue weighted by atomic mass is 9.53. The highest BCUT2D eigenvalue weighted by atomic mass is 16.5. The Kier molecular flexibility index (Phi) is 6.70. The SMILES string of the molecule is COC(=O)CC[C@@H]1C[C@H](OC)C2(C)CCC3c4ccc(OCc5ccccc5)cc4CCC3C12. The summed E-state index contributed by atoms with van der Waals surface area (Å²) >= 11 is 0. The van der Waals surface area contributed by atoms with E-state index in [-0.39, 0.29) is 17.5 Å². The van der Waals surface area contributed by atoms with Crippen LogP contribution in [0.1, 0.15) is 68.1 Å². The van der Waals surface area contributed by atoms with Gasteiger partial charge in [0.15, 0.2) is 0 Å². The van der Waals surface area contributed by atoms with Crippen molar-refractivity contribution in [3.05, 3.63) is 65.2 Å². The van der Waals surface area contributed by atoms with Gasteiger partial charge in [-0.25, -0.2) is 0 Å². The van der Waals surface area contributed by atoms with E-state index in [4.69, 9.17) is 14.2 Å². The van der Waals surface area contributed by atoms with Gasteiger partial charge in [-0.3, -0.25) is 4.79 Å². The number of methoxy groups -OCH3 is 2. The van der Waals surface area contributed by atoms with E-state index in [1.807, 2.05) is 13.2 Å². The molecule has 0 aliphatic heterocycles. The Hall–Kier alpha value is -2.33. The van der Waals surface area contributed by atoms with Gasteiger partial charge in [-0.15, -0.1) is 0 Å². The van der Waals surface area contributed by atoms with Crippen molar-refractivity contribution in [1.82, 2.24) is 0 Å². The molecular weight excluding hydrogens is 424 g/mol. The summed E-state index contributed by atoms with van der Waals surface area (Å²) in [7, 11) is 3.36. The van der Waals surface area contributed by atoms with Gasteiger partial charge in [0, 0.05) is 13.5 Å². The largest absolute Gasteiger partial charge is 0.489 e. The molecule has 0 N–H and O–H groups in total. The van der Waals surface area contributed by atoms with E-state index in [2.05, 4.69) is 49.4 Å². The lowest BCUT2D eigenvalue weighted by Gasteiger charge is -2.52. The van der Waals surface area contributed by atoms with Crippen LogP contribution >= 0.6 is 0 Å². The third kappa shape index (κ3) is 4.26. The molecule has 0 radical (unpaired) electrons. The highest BCUT2D eigenvalue weighted by molar-refractivity contribution is 5.69. The number of hydrogen-bond acceptors (Lipinski definition) is 4. The van der Waals surface area contributed by atoms with E-state index < -0.39 is 0 Å². The maximum Gasteiger partial charge on any atom is 0.305 e. The molecule has 2 fully saturated rings. The van der Waals surface area contributed by atoms with Crippen LogP contribution in [0.25, 0.3) is 0 Å². The molecule has 34 heavy (non-hydrogen) atoms. The van der Waals surface area contributed by atoms with Crippen molar-refractivity contribution in [3.8, 4) is 5.75 Å². The fourth-order valence-electron chi connectivity index (χ4n) is 7.69. The molecule has 6 atom stereocenters. The maximum absolute atomic E-state index is 11.9. The lowest BCUT2D eigenvalue weighted by molar-refractivity contribution is -0.141. The number of benzene rings is 2. The predicted molar refractivity (Wildman–Crippen MR) is 133 cm³/mol. The molecule has 0 heterocycles. The quantitative estimate of drug-likeness (QED) is 0.452. The van der Waals surface area contributed by atoms with Crippen LogP contribution in [0.15, 0.2) is 48.5 Å². The first-order valence-electron chi connectivity index (χ1n) is 12.9. The molecule has 5 rings (SSSR count). The monoisotopic (exact) mass is 462 g/mol. The minimum absolute atomic E-state index is 0.0908. The number of carbonyl (C=O) groups excluding carboxylic acids is 1. The first-order chi connectivity index (χ1) is 16.5. The van der Waals surface area contributed by atoms with Crippen molar-refractivity contribution in [3.63, 3.8) is 0 Å². The van der Waals surface area contributed by atoms with Gasteiger partial charge in [0.05, 0.1) is 13.2 Å². The van der Waals surface area contributed by atoms with Crippen molar-refractivity contribution in [2.75, 3.05) is 14.2 Å². The summed E-state index contributed by atoms with van der Waals surface area (Å²) in [6, 6.07) is 17.1. The van der Waals surface area contributed by atoms with Gasteiger partial charge in [0.1, 0.15) is 12.4 Å². The number of rotatable bonds is 7. The molecule has 182 valence electrons. The Bertz CT molecular complexity index is 1000. The van der Waals surface area contributed by atoms with Crippen molar-refractivity contribution < 1.29 is 19.0 Å². The van der Waals surface area contributed by atoms with Crippen LogP contribution in [-0.2, 0) is 27.3 Å². The van der Waals surface area contributed by atoms with Crippen molar-refractivity contribution in [2.24, 2.45) is 23.2 Å². The molecule has 0 bridgehead atoms. The van der Waals surface area contributed by atoms with Crippen LogP contribution in [-0.4, -0.2) is 26.3 Å². The molecule has 0 amide bonds. The van der Waals surface area contributed by atoms with Crippen molar-refractivity contribution in [2.45, 2.75) is 70.5 Å². The Morgan fingerprint density at radius 1 is 1.09 bits per heavy atom. The summed E-state index contributed by atoms with van der Waals surface area (Å²) in [6.07, 6.45) is 7.51. The number of esters is 1. The molecule has 3 aliphatic carbocycles. The van der Waals surface area contributed by atoms with Gasteiger partial charge in [0.25, 0.3) is 0 Å². The molecule has 0 aromatic heterocycles. The molecule has 4 nitrogen and oxygen atoms in total. The third-order valence-corrected chi connectivity index (χ3v) is 9.23. The standard InChI is InChI=1S/C30H38O4/c1-30-16-15-25-24-13-11-23(34-19-20-7-5-4-6-8-20)17-21(24)9-12-26(25)29(30)22(18-27(30)32-2)10-14-28(31)33-3/h4-8,11,13,17,22,25-27,29H,9-10,12,14-16,18-19H2,1-3H3/t22-,25?,26?,27+,29?,30?/m1/s1. The second-order valence-electron chi connectivity index (χ2n) is 10.8. The zero-order valence-electron chi connectivity index (χ0n) is 20.8. The van der Waals surface area contributed by atoms with Gasteiger partial charge in [-0.05, 0) is 96.4 Å². The molecule has 2 aromatic carbocycles. The number of hydrogen-bond donors (Lipinski definition) is 0. The fraction of sp³-hybridized carbons (Fsp3) is 0.567. The zero-order chi connectivity index (χ0) is 23.7. The van der Waals surface area contributed by atoms with Crippen LogP contribution in [0.5, 0.6) is 5.75 Å². The molecule has 3 aliphatic rings. The van der Waals surface area contributed by atoms with Gasteiger partial charge in [0.2, 0.25) is 0 Å². The smallest absolute Gasteiger partial charge is 0.305 e. The average Bonchev–Trinajstić information content (AvgIpc) is 3.17. The Balaban J connectivity index is 1.35. The van der Waals surface area contributed by atoms with Gasteiger partial charge < -0.3 is 14.2 Å². The first kappa shape index (κ1) is 23.4. The summed E-state index contributed by atoms with van der Waals surface area (Å²) in [5.74, 6) is 3.26. The van der Waals surface area contributed by atoms with E-state index in [0.29, 0.717) is 36.7 Å². The first-order valence-corrected chi connectivity index (χ1v) is 12.9. The lowest BCUT2D eigenvalue weighted by Crippen LogP contribution is -2.45. The van der Waals surface area contributed by atoms with E-state index in [1.54, 1.807) is 0 Å². The Labute approximate surface area is 204 Å². The number of ether oxygens (including phenoxy) is 3. The van der Waals surface area contributed by atoms with E-state index in [0.717, 1.165) is 25.0 Å². The predicted octanol–water partition coefficient (Wildman–Crippen LogP) is 6.32. The highest BCUT2D eigenvalue weighted by Gasteiger charge is 2.58. The molecule has 0 spiro atoms. The molecule has 2 saturated carbocycles. The normalized spacial score (nSPS) is 31.8. The molecule has 2 aromatic rings. The van der Waals surface area contributed by atoms with Crippen LogP contribution < -0.4 is 4.74 Å². The summed E-state index contributed by atoms with van der Waals surface area (Å²) in [6.45, 7) is 3.06. The second-order valence-corrected chi connectivity index (χ2v) is 10.8. The van der Waals surface area contributed by atoms with Crippen LogP contribution in [0.3, 0.4) is 0 Å². The Morgan fingerprint density at radius 2 is 1.91 bits per heavy atom. The van der Waals surface area contributed by atoms with Crippen LogP contribution in [0, 0.1) is 23.2 Å². The summed E-state index contributed by atoms with van der Waals surface area (Å²) < 4.78 is 17.1. The third-order valence-electron chi connectivity index (χ3n) is 9.23. The Morgan fingerprint density at radius 3 is 2.68 bits per heavy atom. The molecule has 4 heteroatoms. The topological polar surface area (TPSA) is 44.8 Å². The van der Waals surface area contributed by atoms with Gasteiger partial charge >= 0.3 is 5.97 Å². The number of aryl methyl sites for hydroxylation is 1. The van der Waals surface area contributed by atoms with E-state index in [1.165, 1.54) is 43.1 Å². The van der Waals surface area contributed by atoms with Crippen LogP contribution in [0.4, 0.5) is 0 Å². The van der Waals surface area contributed by atoms with E-state index in [9.17, 15) is 4.79 Å². The van der Waals surface area contributed by atoms with Crippen molar-refractivity contribution in [1.29, 1.82) is 0 Å². The summed E-state index contributed by atoms with van der Waals surface area (Å²) in [5.41, 5.74) is 4.38. The zero-order valence-corrected chi connectivity index (χ0v) is 20.8. The second kappa shape index (κ2) is 9.73. The van der Waals surface area contributed by atoms with E-state index >= 15 is 0 Å². The summed E-state index contributed by atoms with van der Waals surface area (Å²) in [4.78, 5) is 11.9. The minimum atomic E-state index is -0.0908. The van der Waals surface area contributed by atoms with Crippen LogP contribution in [0.2, 0.25) is 0 Å². The molecule has 0 saturated heterocycles. The average molecular weight is 463 g/mol. The van der Waals surface area contributed by atoms with Gasteiger partial charge in [-0.2, -0.15) is 0 Å². The summed E-state index contributed by atoms with van der Waals surface area (Å²) in [5, 5.41) is 0. The molecular formula is C30H38O4. The maximum atomic E-state index is 11.9. The van der Waals surface area contributed by atoms with Gasteiger partial charge in [-0.1, -0.05) is 43.3 Å². The fourth-order valence-corrected chi connectivity index (χ4v) is 7.69. The number of fused-ring (bicyclic) bond motifs is 5. The number of carbonyl (C=O) groups is 1. The highest BCUT2D eigenvalue weighted by Crippen LogP contribution is 2.64. The van der Waals surface area contributed by atoms with Crippen molar-refractivity contribution >= 4 is 5.97 Å².